The summed E-state index contributed by atoms with van der Waals surface area (Å²) in [5.41, 5.74) is 1.55. The van der Waals surface area contributed by atoms with E-state index in [9.17, 15) is 14.0 Å². The first kappa shape index (κ1) is 19.8. The van der Waals surface area contributed by atoms with E-state index >= 15 is 0 Å². The number of fused-ring (bicyclic) bond motifs is 1. The van der Waals surface area contributed by atoms with Gasteiger partial charge in [-0.3, -0.25) is 9.20 Å². The van der Waals surface area contributed by atoms with Gasteiger partial charge in [0.05, 0.1) is 17.6 Å². The summed E-state index contributed by atoms with van der Waals surface area (Å²) in [5, 5.41) is 5.46. The first-order valence-corrected chi connectivity index (χ1v) is 9.53. The van der Waals surface area contributed by atoms with Gasteiger partial charge >= 0.3 is 6.03 Å². The number of nitrogens with zero attached hydrogens (tertiary/aromatic N) is 4. The summed E-state index contributed by atoms with van der Waals surface area (Å²) >= 11 is 0. The molecular weight excluding hydrogens is 391 g/mol. The smallest absolute Gasteiger partial charge is 0.321 e. The molecule has 1 saturated heterocycles. The van der Waals surface area contributed by atoms with E-state index in [1.165, 1.54) is 25.4 Å². The number of aromatic nitrogens is 3. The van der Waals surface area contributed by atoms with Crippen LogP contribution in [-0.2, 0) is 9.53 Å². The van der Waals surface area contributed by atoms with E-state index in [4.69, 9.17) is 4.74 Å². The van der Waals surface area contributed by atoms with E-state index in [0.717, 1.165) is 25.9 Å². The molecule has 3 amide bonds. The number of amides is 3. The number of hydrogen-bond acceptors (Lipinski definition) is 5. The Labute approximate surface area is 171 Å². The van der Waals surface area contributed by atoms with Gasteiger partial charge in [0, 0.05) is 43.8 Å². The van der Waals surface area contributed by atoms with Crippen molar-refractivity contribution in [3.05, 3.63) is 42.6 Å². The van der Waals surface area contributed by atoms with E-state index in [0.29, 0.717) is 22.8 Å². The minimum absolute atomic E-state index is 0.0750. The molecule has 3 heterocycles. The van der Waals surface area contributed by atoms with Crippen LogP contribution in [0.5, 0.6) is 0 Å². The molecule has 2 aromatic heterocycles. The summed E-state index contributed by atoms with van der Waals surface area (Å²) in [4.78, 5) is 34.2. The molecule has 4 rings (SSSR count). The van der Waals surface area contributed by atoms with Crippen LogP contribution in [0.25, 0.3) is 17.0 Å². The molecule has 0 aliphatic carbocycles. The number of carbonyl (C=O) groups is 2. The van der Waals surface area contributed by atoms with Gasteiger partial charge in [-0.25, -0.2) is 19.2 Å². The van der Waals surface area contributed by atoms with Crippen LogP contribution in [0.4, 0.5) is 20.6 Å². The Kier molecular flexibility index (Phi) is 5.57. The lowest BCUT2D eigenvalue weighted by atomic mass is 10.1. The summed E-state index contributed by atoms with van der Waals surface area (Å²) in [6, 6.07) is 4.16. The molecule has 0 radical (unpaired) electrons. The number of ether oxygens (including phenoxy) is 1. The maximum atomic E-state index is 14.5. The average Bonchev–Trinajstić information content (AvgIpc) is 3.39. The van der Waals surface area contributed by atoms with Crippen molar-refractivity contribution < 1.29 is 18.7 Å². The fourth-order valence-corrected chi connectivity index (χ4v) is 3.33. The lowest BCUT2D eigenvalue weighted by Crippen LogP contribution is -2.32. The number of halogens is 1. The molecule has 1 aliphatic heterocycles. The number of hydrogen-bond donors (Lipinski definition) is 2. The third kappa shape index (κ3) is 4.23. The van der Waals surface area contributed by atoms with E-state index in [1.807, 2.05) is 0 Å². The molecule has 0 bridgehead atoms. The van der Waals surface area contributed by atoms with Crippen molar-refractivity contribution in [2.45, 2.75) is 12.8 Å². The van der Waals surface area contributed by atoms with E-state index in [2.05, 4.69) is 20.6 Å². The summed E-state index contributed by atoms with van der Waals surface area (Å²) in [6.07, 6.45) is 6.68. The molecule has 30 heavy (non-hydrogen) atoms. The normalized spacial score (nSPS) is 13.6. The minimum Gasteiger partial charge on any atom is -0.375 e. The topological polar surface area (TPSA) is 101 Å². The molecule has 0 saturated carbocycles. The zero-order valence-corrected chi connectivity index (χ0v) is 16.4. The molecular formula is C20H21FN6O3. The van der Waals surface area contributed by atoms with Crippen LogP contribution >= 0.6 is 0 Å². The molecule has 2 N–H and O–H groups in total. The van der Waals surface area contributed by atoms with Gasteiger partial charge < -0.3 is 20.3 Å². The fraction of sp³-hybridized carbons (Fsp3) is 0.300. The van der Waals surface area contributed by atoms with Gasteiger partial charge in [0.15, 0.2) is 0 Å². The Morgan fingerprint density at radius 1 is 1.17 bits per heavy atom. The van der Waals surface area contributed by atoms with Crippen LogP contribution in [0.3, 0.4) is 0 Å². The summed E-state index contributed by atoms with van der Waals surface area (Å²) in [7, 11) is 1.43. The Morgan fingerprint density at radius 2 is 1.97 bits per heavy atom. The van der Waals surface area contributed by atoms with Crippen LogP contribution in [0.2, 0.25) is 0 Å². The van der Waals surface area contributed by atoms with E-state index in [-0.39, 0.29) is 24.1 Å². The fourth-order valence-electron chi connectivity index (χ4n) is 3.33. The first-order chi connectivity index (χ1) is 14.5. The molecule has 0 atom stereocenters. The van der Waals surface area contributed by atoms with Crippen LogP contribution in [0.1, 0.15) is 12.8 Å². The number of imidazole rings is 1. The number of carbonyl (C=O) groups excluding carboxylic acids is 2. The lowest BCUT2D eigenvalue weighted by Gasteiger charge is -2.16. The molecule has 1 fully saturated rings. The molecule has 1 aromatic carbocycles. The van der Waals surface area contributed by atoms with Crippen molar-refractivity contribution in [2.75, 3.05) is 37.4 Å². The molecule has 0 unspecified atom stereocenters. The Bertz CT molecular complexity index is 1090. The van der Waals surface area contributed by atoms with Crippen molar-refractivity contribution in [1.82, 2.24) is 19.3 Å². The second-order valence-corrected chi connectivity index (χ2v) is 6.98. The number of nitrogens with one attached hydrogen (secondary N) is 2. The number of methoxy groups -OCH3 is 1. The van der Waals surface area contributed by atoms with Crippen molar-refractivity contribution in [3.63, 3.8) is 0 Å². The quantitative estimate of drug-likeness (QED) is 0.671. The third-order valence-corrected chi connectivity index (χ3v) is 4.76. The van der Waals surface area contributed by atoms with Crippen molar-refractivity contribution >= 4 is 29.1 Å². The predicted molar refractivity (Wildman–Crippen MR) is 109 cm³/mol. The second kappa shape index (κ2) is 8.46. The summed E-state index contributed by atoms with van der Waals surface area (Å²) in [5.74, 6) is -0.432. The monoisotopic (exact) mass is 412 g/mol. The Hall–Kier alpha value is -3.53. The zero-order valence-electron chi connectivity index (χ0n) is 16.4. The highest BCUT2D eigenvalue weighted by Crippen LogP contribution is 2.26. The minimum atomic E-state index is -0.466. The molecule has 3 aromatic rings. The Balaban J connectivity index is 1.58. The maximum Gasteiger partial charge on any atom is 0.321 e. The van der Waals surface area contributed by atoms with Crippen LogP contribution in [0.15, 0.2) is 36.8 Å². The number of benzene rings is 1. The van der Waals surface area contributed by atoms with Gasteiger partial charge in [-0.1, -0.05) is 0 Å². The largest absolute Gasteiger partial charge is 0.375 e. The maximum absolute atomic E-state index is 14.5. The van der Waals surface area contributed by atoms with Crippen molar-refractivity contribution in [1.29, 1.82) is 0 Å². The van der Waals surface area contributed by atoms with Gasteiger partial charge in [0.2, 0.25) is 11.7 Å². The predicted octanol–water partition coefficient (Wildman–Crippen LogP) is 2.75. The number of likely N-dealkylation sites (tertiary alicyclic amines) is 1. The standard InChI is InChI=1S/C20H21FN6O3/c1-30-12-18(28)23-14-9-22-19-25-17(11-27(19)10-14)15-8-13(4-5-16(15)21)24-20(29)26-6-2-3-7-26/h4-5,8-11H,2-3,6-7,12H2,1H3,(H,23,28)(H,24,29). The van der Waals surface area contributed by atoms with Gasteiger partial charge in [-0.05, 0) is 31.0 Å². The molecule has 9 nitrogen and oxygen atoms in total. The Morgan fingerprint density at radius 3 is 2.73 bits per heavy atom. The number of urea groups is 1. The molecule has 0 spiro atoms. The molecule has 156 valence electrons. The summed E-state index contributed by atoms with van der Waals surface area (Å²) in [6.45, 7) is 1.37. The van der Waals surface area contributed by atoms with Crippen LogP contribution in [0, 0.1) is 5.82 Å². The zero-order chi connectivity index (χ0) is 21.1. The highest BCUT2D eigenvalue weighted by molar-refractivity contribution is 5.91. The summed E-state index contributed by atoms with van der Waals surface area (Å²) < 4.78 is 20.9. The number of anilines is 2. The first-order valence-electron chi connectivity index (χ1n) is 9.53. The van der Waals surface area contributed by atoms with Crippen molar-refractivity contribution in [3.8, 4) is 11.3 Å². The highest BCUT2D eigenvalue weighted by Gasteiger charge is 2.19. The van der Waals surface area contributed by atoms with E-state index in [1.54, 1.807) is 27.8 Å². The van der Waals surface area contributed by atoms with Crippen molar-refractivity contribution in [2.24, 2.45) is 0 Å². The van der Waals surface area contributed by atoms with Gasteiger partial charge in [-0.15, -0.1) is 0 Å². The third-order valence-electron chi connectivity index (χ3n) is 4.76. The SMILES string of the molecule is COCC(=O)Nc1cnc2nc(-c3cc(NC(=O)N4CCCC4)ccc3F)cn2c1. The second-order valence-electron chi connectivity index (χ2n) is 6.98. The van der Waals surface area contributed by atoms with Gasteiger partial charge in [-0.2, -0.15) is 0 Å². The molecule has 1 aliphatic rings. The average molecular weight is 412 g/mol. The molecule has 10 heteroatoms. The van der Waals surface area contributed by atoms with Crippen LogP contribution in [-0.4, -0.2) is 58.0 Å². The highest BCUT2D eigenvalue weighted by atomic mass is 19.1. The van der Waals surface area contributed by atoms with Gasteiger partial charge in [0.25, 0.3) is 0 Å². The van der Waals surface area contributed by atoms with Gasteiger partial charge in [0.1, 0.15) is 12.4 Å². The lowest BCUT2D eigenvalue weighted by molar-refractivity contribution is -0.119. The number of rotatable bonds is 5. The van der Waals surface area contributed by atoms with Crippen LogP contribution < -0.4 is 10.6 Å². The van der Waals surface area contributed by atoms with E-state index < -0.39 is 5.82 Å².